The standard InChI is InChI=1S/C33H38O4P2/c1-26(2)32(36-38(34,28-17-9-5-10-18-28)29-19-11-6-12-20-29)25-33(27(3)4)37-39(35,30-21-13-7-14-22-30)31-23-15-8-16-24-31/h5-24,26-27,32-33H,25H2,1-4H3. The van der Waals surface area contributed by atoms with Crippen molar-refractivity contribution in [3.05, 3.63) is 121 Å². The Morgan fingerprint density at radius 1 is 0.462 bits per heavy atom. The molecule has 4 rings (SSSR count). The molecule has 0 spiro atoms. The summed E-state index contributed by atoms with van der Waals surface area (Å²) in [6.45, 7) is 8.26. The summed E-state index contributed by atoms with van der Waals surface area (Å²) in [5.41, 5.74) is 0. The number of hydrogen-bond acceptors (Lipinski definition) is 4. The predicted octanol–water partition coefficient (Wildman–Crippen LogP) is 7.32. The minimum atomic E-state index is -3.41. The van der Waals surface area contributed by atoms with Gasteiger partial charge in [-0.2, -0.15) is 0 Å². The molecule has 4 nitrogen and oxygen atoms in total. The van der Waals surface area contributed by atoms with Gasteiger partial charge >= 0.3 is 0 Å². The van der Waals surface area contributed by atoms with Crippen LogP contribution in [-0.2, 0) is 18.2 Å². The molecule has 0 radical (unpaired) electrons. The predicted molar refractivity (Wildman–Crippen MR) is 164 cm³/mol. The molecule has 4 aromatic rings. The minimum absolute atomic E-state index is 0.0448. The average Bonchev–Trinajstić information content (AvgIpc) is 2.98. The second kappa shape index (κ2) is 13.1. The Labute approximate surface area is 233 Å². The van der Waals surface area contributed by atoms with Crippen molar-refractivity contribution >= 4 is 36.0 Å². The third-order valence-electron chi connectivity index (χ3n) is 6.90. The molecule has 0 aliphatic carbocycles. The van der Waals surface area contributed by atoms with Gasteiger partial charge in [0.2, 0.25) is 0 Å². The maximum atomic E-state index is 14.7. The third-order valence-corrected chi connectivity index (χ3v) is 12.0. The molecule has 0 bridgehead atoms. The zero-order valence-electron chi connectivity index (χ0n) is 23.1. The van der Waals surface area contributed by atoms with Crippen molar-refractivity contribution in [2.75, 3.05) is 0 Å². The van der Waals surface area contributed by atoms with Crippen LogP contribution in [0.5, 0.6) is 0 Å². The van der Waals surface area contributed by atoms with Crippen LogP contribution in [0.15, 0.2) is 121 Å². The minimum Gasteiger partial charge on any atom is -0.318 e. The van der Waals surface area contributed by atoms with Crippen molar-refractivity contribution in [1.29, 1.82) is 0 Å². The van der Waals surface area contributed by atoms with Crippen LogP contribution >= 0.6 is 14.7 Å². The molecular weight excluding hydrogens is 522 g/mol. The van der Waals surface area contributed by atoms with Gasteiger partial charge in [0, 0.05) is 27.6 Å². The molecule has 4 aromatic carbocycles. The number of hydrogen-bond donors (Lipinski definition) is 0. The highest BCUT2D eigenvalue weighted by atomic mass is 31.2. The number of rotatable bonds is 12. The lowest BCUT2D eigenvalue weighted by Gasteiger charge is -2.34. The summed E-state index contributed by atoms with van der Waals surface area (Å²) in [5, 5.41) is 2.62. The first kappa shape index (κ1) is 29.2. The summed E-state index contributed by atoms with van der Waals surface area (Å²) in [5.74, 6) is 0.0897. The highest BCUT2D eigenvalue weighted by Gasteiger charge is 2.38. The van der Waals surface area contributed by atoms with Gasteiger partial charge in [0.15, 0.2) is 0 Å². The highest BCUT2D eigenvalue weighted by Crippen LogP contribution is 2.50. The molecule has 0 aromatic heterocycles. The van der Waals surface area contributed by atoms with Crippen molar-refractivity contribution in [1.82, 2.24) is 0 Å². The van der Waals surface area contributed by atoms with Gasteiger partial charge in [0.25, 0.3) is 14.7 Å². The van der Waals surface area contributed by atoms with E-state index in [9.17, 15) is 9.13 Å². The largest absolute Gasteiger partial charge is 0.318 e. The first-order valence-corrected chi connectivity index (χ1v) is 16.8. The van der Waals surface area contributed by atoms with Crippen molar-refractivity contribution in [2.45, 2.75) is 46.3 Å². The Bertz CT molecular complexity index is 1200. The van der Waals surface area contributed by atoms with E-state index in [1.807, 2.05) is 121 Å². The number of benzene rings is 4. The van der Waals surface area contributed by atoms with Gasteiger partial charge in [0.05, 0.1) is 12.2 Å². The SMILES string of the molecule is CC(C)C(CC(OP(=O)(c1ccccc1)c1ccccc1)C(C)C)OP(=O)(c1ccccc1)c1ccccc1. The molecule has 2 unspecified atom stereocenters. The normalized spacial score (nSPS) is 13.9. The van der Waals surface area contributed by atoms with E-state index in [-0.39, 0.29) is 11.8 Å². The maximum Gasteiger partial charge on any atom is 0.261 e. The van der Waals surface area contributed by atoms with Crippen LogP contribution in [0, 0.1) is 11.8 Å². The van der Waals surface area contributed by atoms with Crippen LogP contribution < -0.4 is 21.2 Å². The molecule has 0 amide bonds. The molecule has 0 aliphatic heterocycles. The molecule has 0 fully saturated rings. The maximum absolute atomic E-state index is 14.7. The van der Waals surface area contributed by atoms with E-state index in [1.165, 1.54) is 0 Å². The summed E-state index contributed by atoms with van der Waals surface area (Å²) < 4.78 is 42.7. The van der Waals surface area contributed by atoms with Gasteiger partial charge in [-0.3, -0.25) is 9.13 Å². The van der Waals surface area contributed by atoms with E-state index in [0.29, 0.717) is 27.6 Å². The second-order valence-corrected chi connectivity index (χ2v) is 15.1. The fraction of sp³-hybridized carbons (Fsp3) is 0.273. The van der Waals surface area contributed by atoms with Gasteiger partial charge in [-0.05, 0) is 60.4 Å². The molecule has 6 heteroatoms. The van der Waals surface area contributed by atoms with E-state index < -0.39 is 26.9 Å². The first-order chi connectivity index (χ1) is 18.7. The van der Waals surface area contributed by atoms with Crippen molar-refractivity contribution in [3.63, 3.8) is 0 Å². The fourth-order valence-corrected chi connectivity index (χ4v) is 9.29. The Morgan fingerprint density at radius 3 is 0.897 bits per heavy atom. The highest BCUT2D eigenvalue weighted by molar-refractivity contribution is 7.74. The quantitative estimate of drug-likeness (QED) is 0.171. The van der Waals surface area contributed by atoms with Crippen LogP contribution in [0.4, 0.5) is 0 Å². The molecule has 0 heterocycles. The Hall–Kier alpha value is -2.74. The zero-order chi connectivity index (χ0) is 27.9. The molecular formula is C33H38O4P2. The lowest BCUT2D eigenvalue weighted by atomic mass is 9.95. The molecule has 0 aliphatic rings. The summed E-state index contributed by atoms with van der Waals surface area (Å²) in [4.78, 5) is 0. The van der Waals surface area contributed by atoms with Crippen LogP contribution in [0.1, 0.15) is 34.1 Å². The van der Waals surface area contributed by atoms with Gasteiger partial charge in [-0.1, -0.05) is 100 Å². The summed E-state index contributed by atoms with van der Waals surface area (Å²) in [6.07, 6.45) is -0.352. The summed E-state index contributed by atoms with van der Waals surface area (Å²) >= 11 is 0. The van der Waals surface area contributed by atoms with Gasteiger partial charge < -0.3 is 9.05 Å². The Morgan fingerprint density at radius 2 is 0.692 bits per heavy atom. The van der Waals surface area contributed by atoms with E-state index in [4.69, 9.17) is 9.05 Å². The van der Waals surface area contributed by atoms with Crippen LogP contribution in [0.2, 0.25) is 0 Å². The summed E-state index contributed by atoms with van der Waals surface area (Å²) in [6, 6.07) is 37.6. The molecule has 39 heavy (non-hydrogen) atoms. The molecule has 0 saturated carbocycles. The van der Waals surface area contributed by atoms with Gasteiger partial charge in [-0.15, -0.1) is 0 Å². The van der Waals surface area contributed by atoms with E-state index in [2.05, 4.69) is 27.7 Å². The zero-order valence-corrected chi connectivity index (χ0v) is 24.9. The van der Waals surface area contributed by atoms with Crippen LogP contribution in [0.3, 0.4) is 0 Å². The monoisotopic (exact) mass is 560 g/mol. The topological polar surface area (TPSA) is 52.6 Å². The van der Waals surface area contributed by atoms with Crippen molar-refractivity contribution in [2.24, 2.45) is 11.8 Å². The van der Waals surface area contributed by atoms with Crippen LogP contribution in [-0.4, -0.2) is 12.2 Å². The molecule has 0 saturated heterocycles. The van der Waals surface area contributed by atoms with E-state index in [0.717, 1.165) is 0 Å². The lowest BCUT2D eigenvalue weighted by molar-refractivity contribution is 0.0680. The van der Waals surface area contributed by atoms with E-state index >= 15 is 0 Å². The molecule has 0 N–H and O–H groups in total. The second-order valence-electron chi connectivity index (χ2n) is 10.5. The first-order valence-electron chi connectivity index (χ1n) is 13.5. The lowest BCUT2D eigenvalue weighted by Crippen LogP contribution is -2.34. The van der Waals surface area contributed by atoms with Crippen LogP contribution in [0.25, 0.3) is 0 Å². The van der Waals surface area contributed by atoms with Crippen molar-refractivity contribution < 1.29 is 18.2 Å². The van der Waals surface area contributed by atoms with Crippen molar-refractivity contribution in [3.8, 4) is 0 Å². The average molecular weight is 561 g/mol. The van der Waals surface area contributed by atoms with E-state index in [1.54, 1.807) is 0 Å². The smallest absolute Gasteiger partial charge is 0.261 e. The Kier molecular flexibility index (Phi) is 9.81. The fourth-order valence-electron chi connectivity index (χ4n) is 4.52. The molecule has 204 valence electrons. The summed E-state index contributed by atoms with van der Waals surface area (Å²) in [7, 11) is -6.82. The third kappa shape index (κ3) is 6.89. The molecule has 2 atom stereocenters. The van der Waals surface area contributed by atoms with Gasteiger partial charge in [-0.25, -0.2) is 0 Å². The Balaban J connectivity index is 1.70. The van der Waals surface area contributed by atoms with Gasteiger partial charge in [0.1, 0.15) is 0 Å².